The molecule has 0 saturated heterocycles. The molecule has 6 nitrogen and oxygen atoms in total. The molecule has 0 aliphatic rings. The molecule has 0 bridgehead atoms. The van der Waals surface area contributed by atoms with Crippen molar-refractivity contribution in [2.45, 2.75) is 0 Å². The van der Waals surface area contributed by atoms with E-state index < -0.39 is 19.1 Å². The zero-order valence-corrected chi connectivity index (χ0v) is 6.62. The summed E-state index contributed by atoms with van der Waals surface area (Å²) in [4.78, 5) is 43.6. The van der Waals surface area contributed by atoms with Gasteiger partial charge in [0.05, 0.1) is 0 Å². The molecule has 0 aromatic carbocycles. The fourth-order valence-electron chi connectivity index (χ4n) is 0.179. The Hall–Kier alpha value is -2.12. The monoisotopic (exact) mass is 227 g/mol. The summed E-state index contributed by atoms with van der Waals surface area (Å²) in [6, 6.07) is 0. The van der Waals surface area contributed by atoms with Gasteiger partial charge in [-0.3, -0.25) is 9.59 Å². The van der Waals surface area contributed by atoms with Gasteiger partial charge in [0.25, 0.3) is 0 Å². The lowest BCUT2D eigenvalue weighted by Crippen LogP contribution is -2.06. The van der Waals surface area contributed by atoms with Gasteiger partial charge in [0.15, 0.2) is 0 Å². The van der Waals surface area contributed by atoms with Gasteiger partial charge in [0.1, 0.15) is 0 Å². The topological polar surface area (TPSA) is 93.0 Å². The van der Waals surface area contributed by atoms with Crippen molar-refractivity contribution in [3.8, 4) is 0 Å². The molecule has 0 rings (SSSR count). The summed E-state index contributed by atoms with van der Waals surface area (Å²) in [7, 11) is -6.00. The van der Waals surface area contributed by atoms with E-state index in [9.17, 15) is 36.4 Å². The van der Waals surface area contributed by atoms with E-state index in [4.69, 9.17) is 0 Å². The largest absolute Gasteiger partial charge is 0.673 e. The Labute approximate surface area is 78.8 Å². The van der Waals surface area contributed by atoms with E-state index in [1.165, 1.54) is 0 Å². The van der Waals surface area contributed by atoms with Crippen LogP contribution in [0.4, 0.5) is 17.3 Å². The Morgan fingerprint density at radius 3 is 1.20 bits per heavy atom. The Kier molecular flexibility index (Phi) is 7.48. The SMILES string of the molecule is F[B-](F)(F)F.O=C=NC(=O)C(=O)N=C=O. The summed E-state index contributed by atoms with van der Waals surface area (Å²) in [5.41, 5.74) is 0. The predicted molar refractivity (Wildman–Crippen MR) is 36.4 cm³/mol. The first-order chi connectivity index (χ1) is 6.72. The third-order valence-electron chi connectivity index (χ3n) is 0.477. The lowest BCUT2D eigenvalue weighted by atomic mass is 10.3. The van der Waals surface area contributed by atoms with Crippen LogP contribution in [0.15, 0.2) is 9.98 Å². The van der Waals surface area contributed by atoms with Crippen LogP contribution in [0.1, 0.15) is 0 Å². The number of amides is 2. The maximum Gasteiger partial charge on any atom is 0.673 e. The Balaban J connectivity index is 0. The van der Waals surface area contributed by atoms with Gasteiger partial charge in [-0.2, -0.15) is 0 Å². The van der Waals surface area contributed by atoms with Gasteiger partial charge >= 0.3 is 19.1 Å². The first kappa shape index (κ1) is 15.4. The molecule has 0 atom stereocenters. The number of carbonyl (C=O) groups is 2. The highest BCUT2D eigenvalue weighted by atomic mass is 19.5. The molecule has 0 spiro atoms. The lowest BCUT2D eigenvalue weighted by molar-refractivity contribution is -0.135. The minimum absolute atomic E-state index is 0.822. The van der Waals surface area contributed by atoms with Crippen molar-refractivity contribution < 1.29 is 36.4 Å². The second kappa shape index (κ2) is 7.30. The minimum Gasteiger partial charge on any atom is -0.418 e. The Morgan fingerprint density at radius 2 is 1.07 bits per heavy atom. The maximum atomic E-state index is 10.1. The van der Waals surface area contributed by atoms with E-state index in [1.54, 1.807) is 0 Å². The molecular formula is C4BF4N2O4-. The van der Waals surface area contributed by atoms with Crippen molar-refractivity contribution >= 4 is 31.2 Å². The Bertz CT molecular complexity index is 307. The molecule has 0 aliphatic heterocycles. The van der Waals surface area contributed by atoms with Gasteiger partial charge in [0, 0.05) is 0 Å². The van der Waals surface area contributed by atoms with E-state index in [-0.39, 0.29) is 0 Å². The molecule has 0 unspecified atom stereocenters. The number of carbonyl (C=O) groups excluding carboxylic acids is 4. The van der Waals surface area contributed by atoms with Crippen molar-refractivity contribution in [2.24, 2.45) is 9.98 Å². The summed E-state index contributed by atoms with van der Waals surface area (Å²) >= 11 is 0. The van der Waals surface area contributed by atoms with Crippen LogP contribution in [0.2, 0.25) is 0 Å². The first-order valence-corrected chi connectivity index (χ1v) is 2.83. The molecular weight excluding hydrogens is 227 g/mol. The summed E-state index contributed by atoms with van der Waals surface area (Å²) in [5, 5.41) is 0. The molecule has 0 fully saturated rings. The summed E-state index contributed by atoms with van der Waals surface area (Å²) in [6.07, 6.45) is 1.64. The third-order valence-corrected chi connectivity index (χ3v) is 0.477. The number of nitrogens with zero attached hydrogens (tertiary/aromatic N) is 2. The molecule has 0 aliphatic carbocycles. The molecule has 0 N–H and O–H groups in total. The van der Waals surface area contributed by atoms with Crippen LogP contribution in [0.25, 0.3) is 0 Å². The molecule has 0 aromatic rings. The smallest absolute Gasteiger partial charge is 0.418 e. The highest BCUT2D eigenvalue weighted by molar-refractivity contribution is 6.50. The average Bonchev–Trinajstić information content (AvgIpc) is 2.02. The van der Waals surface area contributed by atoms with Gasteiger partial charge in [-0.25, -0.2) is 9.59 Å². The van der Waals surface area contributed by atoms with E-state index in [2.05, 4.69) is 9.98 Å². The summed E-state index contributed by atoms with van der Waals surface area (Å²) in [6.45, 7) is 0. The standard InChI is InChI=1S/C4N2O4.BF4/c7-1-5-3(9)4(10)6-2-8;2-1(3,4)5/q;-1. The summed E-state index contributed by atoms with van der Waals surface area (Å²) < 4.78 is 39.0. The number of hydrogen-bond acceptors (Lipinski definition) is 4. The van der Waals surface area contributed by atoms with Crippen LogP contribution in [-0.4, -0.2) is 31.2 Å². The van der Waals surface area contributed by atoms with Crippen molar-refractivity contribution in [1.82, 2.24) is 0 Å². The van der Waals surface area contributed by atoms with Crippen LogP contribution in [-0.2, 0) is 19.2 Å². The second-order valence-corrected chi connectivity index (χ2v) is 1.51. The number of isocyanates is 2. The van der Waals surface area contributed by atoms with Crippen LogP contribution in [0, 0.1) is 0 Å². The average molecular weight is 227 g/mol. The molecule has 0 heterocycles. The molecule has 0 aromatic heterocycles. The Morgan fingerprint density at radius 1 is 0.867 bits per heavy atom. The van der Waals surface area contributed by atoms with Crippen LogP contribution < -0.4 is 0 Å². The van der Waals surface area contributed by atoms with Gasteiger partial charge in [-0.15, -0.1) is 9.98 Å². The molecule has 2 amide bonds. The van der Waals surface area contributed by atoms with Gasteiger partial charge in [-0.1, -0.05) is 0 Å². The molecule has 15 heavy (non-hydrogen) atoms. The minimum atomic E-state index is -6.00. The fourth-order valence-corrected chi connectivity index (χ4v) is 0.179. The maximum absolute atomic E-state index is 10.1. The molecule has 0 saturated carbocycles. The predicted octanol–water partition coefficient (Wildman–Crippen LogP) is 0.0112. The van der Waals surface area contributed by atoms with E-state index in [0.29, 0.717) is 0 Å². The van der Waals surface area contributed by atoms with Crippen molar-refractivity contribution in [3.05, 3.63) is 0 Å². The van der Waals surface area contributed by atoms with Gasteiger partial charge < -0.3 is 17.3 Å². The summed E-state index contributed by atoms with van der Waals surface area (Å²) in [5.74, 6) is -2.86. The first-order valence-electron chi connectivity index (χ1n) is 2.83. The van der Waals surface area contributed by atoms with E-state index >= 15 is 0 Å². The highest BCUT2D eigenvalue weighted by Crippen LogP contribution is 2.06. The van der Waals surface area contributed by atoms with E-state index in [0.717, 1.165) is 12.2 Å². The van der Waals surface area contributed by atoms with Gasteiger partial charge in [-0.05, 0) is 0 Å². The van der Waals surface area contributed by atoms with Crippen molar-refractivity contribution in [3.63, 3.8) is 0 Å². The number of halogens is 4. The number of hydrogen-bond donors (Lipinski definition) is 0. The van der Waals surface area contributed by atoms with Crippen LogP contribution in [0.3, 0.4) is 0 Å². The quantitative estimate of drug-likeness (QED) is 0.191. The van der Waals surface area contributed by atoms with Crippen LogP contribution >= 0.6 is 0 Å². The lowest BCUT2D eigenvalue weighted by Gasteiger charge is -1.94. The number of aliphatic imine (C=N–C) groups is 2. The van der Waals surface area contributed by atoms with Crippen molar-refractivity contribution in [1.29, 1.82) is 0 Å². The normalized spacial score (nSPS) is 8.53. The highest BCUT2D eigenvalue weighted by Gasteiger charge is 2.20. The van der Waals surface area contributed by atoms with Gasteiger partial charge in [0.2, 0.25) is 12.2 Å². The van der Waals surface area contributed by atoms with Crippen LogP contribution in [0.5, 0.6) is 0 Å². The van der Waals surface area contributed by atoms with Crippen molar-refractivity contribution in [2.75, 3.05) is 0 Å². The third kappa shape index (κ3) is 18.7. The zero-order valence-electron chi connectivity index (χ0n) is 6.62. The molecule has 0 radical (unpaired) electrons. The molecule has 82 valence electrons. The number of rotatable bonds is 0. The van der Waals surface area contributed by atoms with E-state index in [1.807, 2.05) is 0 Å². The zero-order chi connectivity index (χ0) is 12.5. The second-order valence-electron chi connectivity index (χ2n) is 1.51. The fraction of sp³-hybridized carbons (Fsp3) is 0. The molecule has 11 heteroatoms.